The number of anilines is 1. The van der Waals surface area contributed by atoms with Crippen molar-refractivity contribution in [2.45, 2.75) is 18.2 Å². The molecule has 8 heteroatoms. The molecule has 6 nitrogen and oxygen atoms in total. The number of hydrogen-bond donors (Lipinski definition) is 1. The van der Waals surface area contributed by atoms with Gasteiger partial charge < -0.3 is 15.0 Å². The first-order valence-electron chi connectivity index (χ1n) is 11.0. The Kier molecular flexibility index (Phi) is 7.89. The van der Waals surface area contributed by atoms with Crippen LogP contribution < -0.4 is 15.0 Å². The number of amides is 1. The molecule has 0 spiro atoms. The molecule has 1 aliphatic rings. The van der Waals surface area contributed by atoms with Crippen LogP contribution in [0.1, 0.15) is 12.0 Å². The minimum atomic E-state index is 0.133. The number of hydrogen-bond acceptors (Lipinski definition) is 7. The standard InChI is InChI=1S/C24H30N4O2S2/c1-18-3-6-20(7-4-18)31-16-9-23(29)25-10-11-27-12-14-28(15-13-27)24-26-21-8-5-19(30-2)17-22(21)32-24/h3-8,17H,9-16H2,1-2H3,(H,25,29). The molecular formula is C24H30N4O2S2. The predicted octanol–water partition coefficient (Wildman–Crippen LogP) is 4.03. The van der Waals surface area contributed by atoms with Crippen molar-refractivity contribution in [1.82, 2.24) is 15.2 Å². The Morgan fingerprint density at radius 3 is 2.69 bits per heavy atom. The molecular weight excluding hydrogens is 440 g/mol. The molecule has 0 unspecified atom stereocenters. The summed E-state index contributed by atoms with van der Waals surface area (Å²) in [7, 11) is 1.69. The van der Waals surface area contributed by atoms with Crippen molar-refractivity contribution in [1.29, 1.82) is 0 Å². The molecule has 1 fully saturated rings. The Morgan fingerprint density at radius 1 is 1.16 bits per heavy atom. The first-order chi connectivity index (χ1) is 15.6. The second-order valence-corrected chi connectivity index (χ2v) is 10.1. The smallest absolute Gasteiger partial charge is 0.220 e. The lowest BCUT2D eigenvalue weighted by atomic mass is 10.2. The minimum Gasteiger partial charge on any atom is -0.497 e. The topological polar surface area (TPSA) is 57.7 Å². The van der Waals surface area contributed by atoms with Gasteiger partial charge in [-0.3, -0.25) is 9.69 Å². The summed E-state index contributed by atoms with van der Waals surface area (Å²) in [5, 5.41) is 4.14. The SMILES string of the molecule is COc1ccc2nc(N3CCN(CCNC(=O)CCSc4ccc(C)cc4)CC3)sc2c1. The number of carbonyl (C=O) groups is 1. The van der Waals surface area contributed by atoms with Crippen LogP contribution in [0.15, 0.2) is 47.4 Å². The Morgan fingerprint density at radius 2 is 1.94 bits per heavy atom. The van der Waals surface area contributed by atoms with E-state index in [1.54, 1.807) is 30.2 Å². The van der Waals surface area contributed by atoms with Gasteiger partial charge in [-0.25, -0.2) is 4.98 Å². The average molecular weight is 471 g/mol. The van der Waals surface area contributed by atoms with E-state index < -0.39 is 0 Å². The Labute approximate surface area is 198 Å². The Bertz CT molecular complexity index is 1030. The van der Waals surface area contributed by atoms with E-state index in [0.717, 1.165) is 59.6 Å². The third kappa shape index (κ3) is 6.15. The van der Waals surface area contributed by atoms with Crippen LogP contribution in [0.5, 0.6) is 5.75 Å². The maximum Gasteiger partial charge on any atom is 0.220 e. The van der Waals surface area contributed by atoms with Gasteiger partial charge in [0, 0.05) is 56.3 Å². The highest BCUT2D eigenvalue weighted by atomic mass is 32.2. The van der Waals surface area contributed by atoms with Gasteiger partial charge in [0.1, 0.15) is 5.75 Å². The molecule has 4 rings (SSSR count). The van der Waals surface area contributed by atoms with Crippen LogP contribution in [0.2, 0.25) is 0 Å². The van der Waals surface area contributed by atoms with Crippen molar-refractivity contribution in [2.24, 2.45) is 0 Å². The fourth-order valence-corrected chi connectivity index (χ4v) is 5.55. The van der Waals surface area contributed by atoms with Gasteiger partial charge in [0.2, 0.25) is 5.91 Å². The zero-order valence-electron chi connectivity index (χ0n) is 18.7. The van der Waals surface area contributed by atoms with Crippen molar-refractivity contribution in [2.75, 3.05) is 57.0 Å². The van der Waals surface area contributed by atoms with E-state index in [9.17, 15) is 4.79 Å². The van der Waals surface area contributed by atoms with Crippen molar-refractivity contribution in [3.05, 3.63) is 48.0 Å². The summed E-state index contributed by atoms with van der Waals surface area (Å²) in [5.41, 5.74) is 2.28. The van der Waals surface area contributed by atoms with Gasteiger partial charge in [0.25, 0.3) is 0 Å². The van der Waals surface area contributed by atoms with E-state index in [-0.39, 0.29) is 5.91 Å². The lowest BCUT2D eigenvalue weighted by Gasteiger charge is -2.34. The average Bonchev–Trinajstić information content (AvgIpc) is 3.24. The monoisotopic (exact) mass is 470 g/mol. The molecule has 0 radical (unpaired) electrons. The number of aryl methyl sites for hydroxylation is 1. The molecule has 170 valence electrons. The van der Waals surface area contributed by atoms with Crippen molar-refractivity contribution < 1.29 is 9.53 Å². The van der Waals surface area contributed by atoms with Crippen LogP contribution >= 0.6 is 23.1 Å². The first-order valence-corrected chi connectivity index (χ1v) is 12.8. The molecule has 1 N–H and O–H groups in total. The third-order valence-electron chi connectivity index (χ3n) is 5.60. The molecule has 2 aromatic carbocycles. The maximum absolute atomic E-state index is 12.1. The molecule has 32 heavy (non-hydrogen) atoms. The molecule has 3 aromatic rings. The number of thiazole rings is 1. The lowest BCUT2D eigenvalue weighted by Crippen LogP contribution is -2.48. The molecule has 1 saturated heterocycles. The molecule has 1 amide bonds. The highest BCUT2D eigenvalue weighted by molar-refractivity contribution is 7.99. The summed E-state index contributed by atoms with van der Waals surface area (Å²) in [6, 6.07) is 14.5. The van der Waals surface area contributed by atoms with Crippen LogP contribution in [-0.2, 0) is 4.79 Å². The van der Waals surface area contributed by atoms with Gasteiger partial charge in [0.05, 0.1) is 17.3 Å². The van der Waals surface area contributed by atoms with E-state index in [2.05, 4.69) is 52.4 Å². The third-order valence-corrected chi connectivity index (χ3v) is 7.69. The first kappa shape index (κ1) is 22.9. The minimum absolute atomic E-state index is 0.133. The molecule has 0 atom stereocenters. The zero-order valence-corrected chi connectivity index (χ0v) is 20.3. The van der Waals surface area contributed by atoms with Gasteiger partial charge in [-0.2, -0.15) is 0 Å². The number of thioether (sulfide) groups is 1. The number of nitrogens with one attached hydrogen (secondary N) is 1. The van der Waals surface area contributed by atoms with Crippen LogP contribution in [0, 0.1) is 6.92 Å². The predicted molar refractivity (Wildman–Crippen MR) is 134 cm³/mol. The van der Waals surface area contributed by atoms with E-state index in [0.29, 0.717) is 13.0 Å². The number of methoxy groups -OCH3 is 1. The van der Waals surface area contributed by atoms with Crippen molar-refractivity contribution in [3.8, 4) is 5.75 Å². The summed E-state index contributed by atoms with van der Waals surface area (Å²) < 4.78 is 6.48. The zero-order chi connectivity index (χ0) is 22.3. The van der Waals surface area contributed by atoms with E-state index in [4.69, 9.17) is 9.72 Å². The van der Waals surface area contributed by atoms with Crippen molar-refractivity contribution in [3.63, 3.8) is 0 Å². The normalized spacial score (nSPS) is 14.6. The molecule has 2 heterocycles. The Hall–Kier alpha value is -2.29. The van der Waals surface area contributed by atoms with Gasteiger partial charge in [-0.15, -0.1) is 11.8 Å². The number of fused-ring (bicyclic) bond motifs is 1. The van der Waals surface area contributed by atoms with Gasteiger partial charge >= 0.3 is 0 Å². The van der Waals surface area contributed by atoms with E-state index in [1.165, 1.54) is 10.5 Å². The molecule has 0 saturated carbocycles. The van der Waals surface area contributed by atoms with Gasteiger partial charge in [-0.05, 0) is 37.3 Å². The van der Waals surface area contributed by atoms with Gasteiger partial charge in [-0.1, -0.05) is 29.0 Å². The molecule has 1 aliphatic heterocycles. The number of nitrogens with zero attached hydrogens (tertiary/aromatic N) is 3. The van der Waals surface area contributed by atoms with Gasteiger partial charge in [0.15, 0.2) is 5.13 Å². The van der Waals surface area contributed by atoms with E-state index >= 15 is 0 Å². The van der Waals surface area contributed by atoms with Crippen LogP contribution in [0.4, 0.5) is 5.13 Å². The van der Waals surface area contributed by atoms with Crippen molar-refractivity contribution >= 4 is 44.4 Å². The Balaban J connectivity index is 1.14. The number of aromatic nitrogens is 1. The molecule has 0 aliphatic carbocycles. The highest BCUT2D eigenvalue weighted by Crippen LogP contribution is 2.31. The fraction of sp³-hybridized carbons (Fsp3) is 0.417. The largest absolute Gasteiger partial charge is 0.497 e. The van der Waals surface area contributed by atoms with E-state index in [1.807, 2.05) is 12.1 Å². The summed E-state index contributed by atoms with van der Waals surface area (Å²) in [6.45, 7) is 7.56. The second-order valence-electron chi connectivity index (χ2n) is 7.92. The summed E-state index contributed by atoms with van der Waals surface area (Å²) in [5.74, 6) is 1.81. The number of rotatable bonds is 9. The second kappa shape index (κ2) is 11.0. The lowest BCUT2D eigenvalue weighted by molar-refractivity contribution is -0.120. The molecule has 0 bridgehead atoms. The van der Waals surface area contributed by atoms with Crippen LogP contribution in [0.25, 0.3) is 10.2 Å². The quantitative estimate of drug-likeness (QED) is 0.477. The summed E-state index contributed by atoms with van der Waals surface area (Å²) >= 11 is 3.45. The molecule has 1 aromatic heterocycles. The number of piperazine rings is 1. The number of carbonyl (C=O) groups excluding carboxylic acids is 1. The fourth-order valence-electron chi connectivity index (χ4n) is 3.66. The summed E-state index contributed by atoms with van der Waals surface area (Å²) in [6.07, 6.45) is 0.550. The number of benzene rings is 2. The number of ether oxygens (including phenoxy) is 1. The van der Waals surface area contributed by atoms with Crippen LogP contribution in [0.3, 0.4) is 0 Å². The summed E-state index contributed by atoms with van der Waals surface area (Å²) in [4.78, 5) is 22.9. The highest BCUT2D eigenvalue weighted by Gasteiger charge is 2.20. The van der Waals surface area contributed by atoms with Crippen LogP contribution in [-0.4, -0.2) is 67.9 Å². The maximum atomic E-state index is 12.1.